The number of rotatable bonds is 6. The maximum Gasteiger partial charge on any atom is 0.295 e. The first-order valence-corrected chi connectivity index (χ1v) is 10.2. The van der Waals surface area contributed by atoms with E-state index in [1.165, 1.54) is 26.4 Å². The van der Waals surface area contributed by atoms with E-state index in [0.717, 1.165) is 16.8 Å². The Morgan fingerprint density at radius 3 is 2.42 bits per heavy atom. The average molecular weight is 446 g/mol. The number of nitrogens with one attached hydrogen (secondary N) is 1. The van der Waals surface area contributed by atoms with Crippen LogP contribution in [0.3, 0.4) is 0 Å². The van der Waals surface area contributed by atoms with Gasteiger partial charge < -0.3 is 14.8 Å². The summed E-state index contributed by atoms with van der Waals surface area (Å²) >= 11 is 0. The summed E-state index contributed by atoms with van der Waals surface area (Å²) in [5.41, 5.74) is 3.81. The fourth-order valence-electron chi connectivity index (χ4n) is 3.40. The summed E-state index contributed by atoms with van der Waals surface area (Å²) in [5.74, 6) is 0.531. The molecule has 168 valence electrons. The summed E-state index contributed by atoms with van der Waals surface area (Å²) in [4.78, 5) is 17.6. The van der Waals surface area contributed by atoms with E-state index >= 15 is 0 Å². The molecule has 0 radical (unpaired) electrons. The number of halogens is 1. The van der Waals surface area contributed by atoms with Crippen LogP contribution in [-0.4, -0.2) is 34.9 Å². The third kappa shape index (κ3) is 4.55. The van der Waals surface area contributed by atoms with Crippen molar-refractivity contribution in [2.75, 3.05) is 19.5 Å². The van der Waals surface area contributed by atoms with Gasteiger partial charge >= 0.3 is 0 Å². The van der Waals surface area contributed by atoms with Crippen LogP contribution in [0.5, 0.6) is 11.5 Å². The summed E-state index contributed by atoms with van der Waals surface area (Å²) in [6.45, 7) is 3.92. The van der Waals surface area contributed by atoms with Crippen LogP contribution >= 0.6 is 0 Å². The second-order valence-corrected chi connectivity index (χ2v) is 7.49. The van der Waals surface area contributed by atoms with Crippen LogP contribution in [0.15, 0.2) is 60.7 Å². The number of hydrogen-bond acceptors (Lipinski definition) is 5. The Morgan fingerprint density at radius 2 is 1.73 bits per heavy atom. The SMILES string of the molecule is COc1ccc(OC)c(NC(=O)c2nc(-c3ccc(F)cc3)n(-c3cc(C)ccc3C)n2)c1. The molecule has 4 rings (SSSR count). The first-order chi connectivity index (χ1) is 15.9. The van der Waals surface area contributed by atoms with Gasteiger partial charge in [-0.3, -0.25) is 4.79 Å². The van der Waals surface area contributed by atoms with Gasteiger partial charge in [0.2, 0.25) is 5.82 Å². The highest BCUT2D eigenvalue weighted by Gasteiger charge is 2.21. The van der Waals surface area contributed by atoms with E-state index in [1.807, 2.05) is 32.0 Å². The second kappa shape index (κ2) is 9.12. The fraction of sp³-hybridized carbons (Fsp3) is 0.160. The highest BCUT2D eigenvalue weighted by molar-refractivity contribution is 6.02. The summed E-state index contributed by atoms with van der Waals surface area (Å²) in [6.07, 6.45) is 0. The van der Waals surface area contributed by atoms with E-state index in [0.29, 0.717) is 28.6 Å². The lowest BCUT2D eigenvalue weighted by molar-refractivity contribution is 0.101. The maximum atomic E-state index is 13.5. The van der Waals surface area contributed by atoms with Crippen molar-refractivity contribution in [1.29, 1.82) is 0 Å². The van der Waals surface area contributed by atoms with E-state index in [1.54, 1.807) is 35.0 Å². The molecule has 1 heterocycles. The quantitative estimate of drug-likeness (QED) is 0.453. The molecule has 33 heavy (non-hydrogen) atoms. The number of ether oxygens (including phenoxy) is 2. The van der Waals surface area contributed by atoms with Gasteiger partial charge in [-0.25, -0.2) is 14.1 Å². The molecule has 1 aromatic heterocycles. The van der Waals surface area contributed by atoms with Gasteiger partial charge in [0.05, 0.1) is 25.6 Å². The Balaban J connectivity index is 1.79. The number of benzene rings is 3. The largest absolute Gasteiger partial charge is 0.497 e. The van der Waals surface area contributed by atoms with Crippen molar-refractivity contribution < 1.29 is 18.7 Å². The van der Waals surface area contributed by atoms with Crippen LogP contribution in [0, 0.1) is 19.7 Å². The molecule has 0 unspecified atom stereocenters. The van der Waals surface area contributed by atoms with E-state index in [-0.39, 0.29) is 11.6 Å². The van der Waals surface area contributed by atoms with Gasteiger partial charge in [0.1, 0.15) is 17.3 Å². The fourth-order valence-corrected chi connectivity index (χ4v) is 3.40. The lowest BCUT2D eigenvalue weighted by Gasteiger charge is -2.11. The van der Waals surface area contributed by atoms with Crippen LogP contribution in [0.1, 0.15) is 21.7 Å². The highest BCUT2D eigenvalue weighted by Crippen LogP contribution is 2.30. The van der Waals surface area contributed by atoms with Crippen molar-refractivity contribution in [1.82, 2.24) is 14.8 Å². The molecule has 0 spiro atoms. The molecular weight excluding hydrogens is 423 g/mol. The van der Waals surface area contributed by atoms with E-state index < -0.39 is 5.91 Å². The standard InChI is InChI=1S/C25H23FN4O3/c1-15-5-6-16(2)21(13-15)30-24(17-7-9-18(26)10-8-17)28-23(29-30)25(31)27-20-14-19(32-3)11-12-22(20)33-4/h5-14H,1-4H3,(H,27,31). The summed E-state index contributed by atoms with van der Waals surface area (Å²) < 4.78 is 25.7. The smallest absolute Gasteiger partial charge is 0.295 e. The molecule has 4 aromatic rings. The van der Waals surface area contributed by atoms with Gasteiger partial charge in [-0.2, -0.15) is 0 Å². The molecule has 3 aromatic carbocycles. The predicted octanol–water partition coefficient (Wildman–Crippen LogP) is 4.96. The lowest BCUT2D eigenvalue weighted by atomic mass is 10.1. The number of carbonyl (C=O) groups excluding carboxylic acids is 1. The Labute approximate surface area is 190 Å². The number of amides is 1. The average Bonchev–Trinajstić information content (AvgIpc) is 3.26. The molecule has 0 saturated carbocycles. The molecule has 8 heteroatoms. The number of aryl methyl sites for hydroxylation is 2. The zero-order valence-electron chi connectivity index (χ0n) is 18.7. The van der Waals surface area contributed by atoms with Crippen LogP contribution in [0.2, 0.25) is 0 Å². The lowest BCUT2D eigenvalue weighted by Crippen LogP contribution is -2.15. The van der Waals surface area contributed by atoms with Gasteiger partial charge in [0.15, 0.2) is 5.82 Å². The van der Waals surface area contributed by atoms with E-state index in [9.17, 15) is 9.18 Å². The molecule has 0 aliphatic heterocycles. The normalized spacial score (nSPS) is 10.7. The summed E-state index contributed by atoms with van der Waals surface area (Å²) in [7, 11) is 3.05. The first kappa shape index (κ1) is 22.0. The van der Waals surface area contributed by atoms with Gasteiger partial charge in [0.25, 0.3) is 5.91 Å². The summed E-state index contributed by atoms with van der Waals surface area (Å²) in [6, 6.07) is 16.9. The zero-order valence-corrected chi connectivity index (χ0v) is 18.7. The highest BCUT2D eigenvalue weighted by atomic mass is 19.1. The van der Waals surface area contributed by atoms with Crippen LogP contribution in [-0.2, 0) is 0 Å². The summed E-state index contributed by atoms with van der Waals surface area (Å²) in [5, 5.41) is 7.29. The molecule has 0 aliphatic carbocycles. The Hall–Kier alpha value is -4.20. The Bertz CT molecular complexity index is 1320. The molecule has 0 aliphatic rings. The van der Waals surface area contributed by atoms with Gasteiger partial charge in [-0.05, 0) is 67.4 Å². The molecule has 0 saturated heterocycles. The topological polar surface area (TPSA) is 78.3 Å². The number of hydrogen-bond donors (Lipinski definition) is 1. The molecule has 0 fully saturated rings. The van der Waals surface area contributed by atoms with Gasteiger partial charge in [-0.15, -0.1) is 5.10 Å². The van der Waals surface area contributed by atoms with Crippen LogP contribution < -0.4 is 14.8 Å². The molecule has 1 N–H and O–H groups in total. The predicted molar refractivity (Wildman–Crippen MR) is 124 cm³/mol. The van der Waals surface area contributed by atoms with Gasteiger partial charge in [0, 0.05) is 11.6 Å². The minimum Gasteiger partial charge on any atom is -0.497 e. The van der Waals surface area contributed by atoms with E-state index in [4.69, 9.17) is 9.47 Å². The molecule has 1 amide bonds. The minimum absolute atomic E-state index is 0.0416. The number of nitrogens with zero attached hydrogens (tertiary/aromatic N) is 3. The molecular formula is C25H23FN4O3. The van der Waals surface area contributed by atoms with Crippen molar-refractivity contribution in [2.45, 2.75) is 13.8 Å². The van der Waals surface area contributed by atoms with Crippen molar-refractivity contribution in [3.8, 4) is 28.6 Å². The van der Waals surface area contributed by atoms with Crippen molar-refractivity contribution in [3.05, 3.63) is 83.4 Å². The Morgan fingerprint density at radius 1 is 0.970 bits per heavy atom. The molecule has 0 bridgehead atoms. The van der Waals surface area contributed by atoms with Crippen LogP contribution in [0.4, 0.5) is 10.1 Å². The molecule has 7 nitrogen and oxygen atoms in total. The third-order valence-corrected chi connectivity index (χ3v) is 5.16. The monoisotopic (exact) mass is 446 g/mol. The van der Waals surface area contributed by atoms with Crippen molar-refractivity contribution in [3.63, 3.8) is 0 Å². The second-order valence-electron chi connectivity index (χ2n) is 7.49. The molecule has 0 atom stereocenters. The van der Waals surface area contributed by atoms with Crippen molar-refractivity contribution >= 4 is 11.6 Å². The van der Waals surface area contributed by atoms with Crippen molar-refractivity contribution in [2.24, 2.45) is 0 Å². The zero-order chi connectivity index (χ0) is 23.5. The number of anilines is 1. The first-order valence-electron chi connectivity index (χ1n) is 10.2. The maximum absolute atomic E-state index is 13.5. The third-order valence-electron chi connectivity index (χ3n) is 5.16. The Kier molecular flexibility index (Phi) is 6.08. The number of aromatic nitrogens is 3. The number of carbonyl (C=O) groups is 1. The number of methoxy groups -OCH3 is 2. The van der Waals surface area contributed by atoms with Gasteiger partial charge in [-0.1, -0.05) is 12.1 Å². The van der Waals surface area contributed by atoms with E-state index in [2.05, 4.69) is 15.4 Å². The van der Waals surface area contributed by atoms with Crippen LogP contribution in [0.25, 0.3) is 17.1 Å². The minimum atomic E-state index is -0.519.